The van der Waals surface area contributed by atoms with Gasteiger partial charge >= 0.3 is 5.97 Å². The number of nitrogens with zero attached hydrogens (tertiary/aromatic N) is 5. The zero-order valence-electron chi connectivity index (χ0n) is 26.5. The molecule has 3 aliphatic rings. The van der Waals surface area contributed by atoms with Gasteiger partial charge in [0.25, 0.3) is 5.91 Å². The second-order valence-corrected chi connectivity index (χ2v) is 13.3. The number of oxazole rings is 1. The van der Waals surface area contributed by atoms with E-state index in [1.165, 1.54) is 0 Å². The number of carboxylic acids is 1. The maximum Gasteiger partial charge on any atom is 0.310 e. The number of carboxylic acid groups (broad SMARTS) is 1. The van der Waals surface area contributed by atoms with Crippen LogP contribution >= 0.6 is 11.6 Å². The lowest BCUT2D eigenvalue weighted by Crippen LogP contribution is -2.39. The second kappa shape index (κ2) is 11.9. The van der Waals surface area contributed by atoms with Gasteiger partial charge < -0.3 is 29.6 Å². The molecule has 13 heteroatoms. The van der Waals surface area contributed by atoms with Crippen molar-refractivity contribution in [3.05, 3.63) is 75.7 Å². The van der Waals surface area contributed by atoms with Crippen molar-refractivity contribution in [2.45, 2.75) is 46.3 Å². The number of imidazole rings is 1. The smallest absolute Gasteiger partial charge is 0.310 e. The van der Waals surface area contributed by atoms with E-state index in [-0.39, 0.29) is 18.4 Å². The van der Waals surface area contributed by atoms with E-state index in [9.17, 15) is 19.5 Å². The fraction of sp³-hybridized carbons (Fsp3) is 0.382. The number of carbonyl (C=O) groups excluding carboxylic acids is 2. The first kappa shape index (κ1) is 31.1. The molecule has 47 heavy (non-hydrogen) atoms. The van der Waals surface area contributed by atoms with Crippen molar-refractivity contribution in [3.8, 4) is 22.6 Å². The topological polar surface area (TPSA) is 146 Å². The summed E-state index contributed by atoms with van der Waals surface area (Å²) in [4.78, 5) is 50.9. The number of halogens is 1. The lowest BCUT2D eigenvalue weighted by atomic mass is 9.90. The van der Waals surface area contributed by atoms with Crippen molar-refractivity contribution in [3.63, 3.8) is 0 Å². The minimum atomic E-state index is -0.831. The number of hydrogen-bond acceptors (Lipinski definition) is 8. The minimum Gasteiger partial charge on any atom is -0.481 e. The molecule has 0 aliphatic carbocycles. The third kappa shape index (κ3) is 5.60. The van der Waals surface area contributed by atoms with E-state index in [1.807, 2.05) is 53.8 Å². The van der Waals surface area contributed by atoms with Crippen LogP contribution < -0.4 is 10.6 Å². The Morgan fingerprint density at radius 1 is 1.09 bits per heavy atom. The van der Waals surface area contributed by atoms with Gasteiger partial charge in [-0.05, 0) is 50.1 Å². The van der Waals surface area contributed by atoms with Gasteiger partial charge in [-0.15, -0.1) is 0 Å². The van der Waals surface area contributed by atoms with E-state index in [1.54, 1.807) is 17.9 Å². The molecule has 244 valence electrons. The largest absolute Gasteiger partial charge is 0.481 e. The molecule has 5 heterocycles. The Hall–Kier alpha value is -4.52. The van der Waals surface area contributed by atoms with Crippen LogP contribution in [0.5, 0.6) is 0 Å². The molecule has 3 N–H and O–H groups in total. The van der Waals surface area contributed by atoms with Gasteiger partial charge in [0.1, 0.15) is 11.5 Å². The van der Waals surface area contributed by atoms with Crippen molar-refractivity contribution >= 4 is 35.1 Å². The molecule has 2 aromatic heterocycles. The molecule has 7 rings (SSSR count). The molecule has 1 saturated heterocycles. The van der Waals surface area contributed by atoms with Crippen LogP contribution in [0.1, 0.15) is 52.4 Å². The zero-order valence-corrected chi connectivity index (χ0v) is 27.3. The highest BCUT2D eigenvalue weighted by Gasteiger charge is 2.41. The number of carbonyl (C=O) groups is 3. The van der Waals surface area contributed by atoms with Crippen molar-refractivity contribution < 1.29 is 23.9 Å². The predicted molar refractivity (Wildman–Crippen MR) is 175 cm³/mol. The van der Waals surface area contributed by atoms with Crippen molar-refractivity contribution in [1.29, 1.82) is 0 Å². The summed E-state index contributed by atoms with van der Waals surface area (Å²) in [7, 11) is 1.86. The van der Waals surface area contributed by atoms with E-state index in [0.717, 1.165) is 46.6 Å². The first-order valence-corrected chi connectivity index (χ1v) is 16.1. The first-order chi connectivity index (χ1) is 22.5. The normalized spacial score (nSPS) is 19.1. The Labute approximate surface area is 276 Å². The number of nitrogens with one attached hydrogen (secondary N) is 2. The second-order valence-electron chi connectivity index (χ2n) is 12.9. The van der Waals surface area contributed by atoms with Crippen LogP contribution in [0.25, 0.3) is 22.6 Å². The molecule has 0 unspecified atom stereocenters. The third-order valence-electron chi connectivity index (χ3n) is 9.67. The molecule has 0 radical (unpaired) electrons. The zero-order chi connectivity index (χ0) is 33.0. The summed E-state index contributed by atoms with van der Waals surface area (Å²) in [6.45, 7) is 6.94. The van der Waals surface area contributed by atoms with E-state index in [4.69, 9.17) is 21.0 Å². The van der Waals surface area contributed by atoms with E-state index < -0.39 is 11.4 Å². The van der Waals surface area contributed by atoms with Crippen molar-refractivity contribution in [2.75, 3.05) is 31.5 Å². The van der Waals surface area contributed by atoms with Gasteiger partial charge in [-0.1, -0.05) is 35.9 Å². The Morgan fingerprint density at radius 3 is 2.60 bits per heavy atom. The third-order valence-corrected chi connectivity index (χ3v) is 10.1. The van der Waals surface area contributed by atoms with Crippen LogP contribution in [0.15, 0.2) is 40.8 Å². The van der Waals surface area contributed by atoms with Crippen molar-refractivity contribution in [2.24, 2.45) is 12.5 Å². The summed E-state index contributed by atoms with van der Waals surface area (Å²) < 4.78 is 8.05. The number of likely N-dealkylation sites (tertiary alicyclic amines) is 1. The molecular formula is C34H36ClN7O5. The number of fused-ring (bicyclic) bond motifs is 2. The first-order valence-electron chi connectivity index (χ1n) is 15.7. The SMILES string of the molecule is Cc1c(-c2nc3c(o2)CN(C(=O)CN2CC[C@](C)(C(=O)O)C2)C3)cccc1-c1cccc(NC(=O)c2nc3c(n2C)CCNC3)c1Cl. The van der Waals surface area contributed by atoms with Gasteiger partial charge in [-0.25, -0.2) is 9.97 Å². The fourth-order valence-electron chi connectivity index (χ4n) is 6.82. The molecule has 1 atom stereocenters. The number of benzene rings is 2. The van der Waals surface area contributed by atoms with Crippen LogP contribution in [-0.2, 0) is 42.7 Å². The number of hydrogen-bond donors (Lipinski definition) is 3. The van der Waals surface area contributed by atoms with E-state index >= 15 is 0 Å². The molecule has 4 aromatic rings. The molecule has 2 aromatic carbocycles. The van der Waals surface area contributed by atoms with Crippen LogP contribution in [0.2, 0.25) is 5.02 Å². The summed E-state index contributed by atoms with van der Waals surface area (Å²) in [5.41, 5.74) is 5.66. The molecule has 2 amide bonds. The van der Waals surface area contributed by atoms with Crippen LogP contribution in [0.3, 0.4) is 0 Å². The standard InChI is InChI=1S/C34H36ClN7O5/c1-19-20(22-8-5-9-23(29(22)35)38-31(44)30-37-24-14-36-12-10-26(24)40(30)3)6-4-7-21(19)32-39-25-15-42(16-27(25)47-32)28(43)17-41-13-11-34(2,18-41)33(45)46/h4-9,36H,10-18H2,1-3H3,(H,38,44)(H,45,46)/t34-/m0/s1. The van der Waals surface area contributed by atoms with Crippen LogP contribution in [-0.4, -0.2) is 73.4 Å². The maximum absolute atomic E-state index is 13.3. The molecule has 3 aliphatic heterocycles. The summed E-state index contributed by atoms with van der Waals surface area (Å²) in [5.74, 6) is 0.215. The monoisotopic (exact) mass is 657 g/mol. The number of aromatic nitrogens is 3. The van der Waals surface area contributed by atoms with Crippen LogP contribution in [0, 0.1) is 12.3 Å². The Bertz CT molecular complexity index is 1910. The lowest BCUT2D eigenvalue weighted by Gasteiger charge is -2.22. The molecule has 0 bridgehead atoms. The quantitative estimate of drug-likeness (QED) is 0.266. The van der Waals surface area contributed by atoms with Gasteiger partial charge in [0.05, 0.1) is 41.5 Å². The summed E-state index contributed by atoms with van der Waals surface area (Å²) >= 11 is 6.92. The molecule has 0 spiro atoms. The Balaban J connectivity index is 1.06. The number of rotatable bonds is 7. The summed E-state index contributed by atoms with van der Waals surface area (Å²) in [6.07, 6.45) is 1.34. The Morgan fingerprint density at radius 2 is 1.85 bits per heavy atom. The summed E-state index contributed by atoms with van der Waals surface area (Å²) in [5, 5.41) is 16.2. The minimum absolute atomic E-state index is 0.0753. The van der Waals surface area contributed by atoms with Gasteiger partial charge in [-0.3, -0.25) is 19.3 Å². The van der Waals surface area contributed by atoms with Gasteiger partial charge in [0.2, 0.25) is 11.8 Å². The van der Waals surface area contributed by atoms with Crippen LogP contribution in [0.4, 0.5) is 5.69 Å². The van der Waals surface area contributed by atoms with Gasteiger partial charge in [0.15, 0.2) is 5.82 Å². The molecule has 1 fully saturated rings. The molecular weight excluding hydrogens is 622 g/mol. The maximum atomic E-state index is 13.3. The average molecular weight is 658 g/mol. The van der Waals surface area contributed by atoms with Gasteiger partial charge in [-0.2, -0.15) is 0 Å². The lowest BCUT2D eigenvalue weighted by molar-refractivity contribution is -0.147. The predicted octanol–water partition coefficient (Wildman–Crippen LogP) is 4.24. The van der Waals surface area contributed by atoms with E-state index in [0.29, 0.717) is 73.0 Å². The molecule has 0 saturated carbocycles. The van der Waals surface area contributed by atoms with E-state index in [2.05, 4.69) is 15.6 Å². The van der Waals surface area contributed by atoms with Crippen molar-refractivity contribution in [1.82, 2.24) is 29.7 Å². The average Bonchev–Trinajstić information content (AvgIpc) is 3.81. The number of amides is 2. The molecule has 12 nitrogen and oxygen atoms in total. The highest BCUT2D eigenvalue weighted by atomic mass is 35.5. The number of anilines is 1. The Kier molecular flexibility index (Phi) is 7.89. The highest BCUT2D eigenvalue weighted by Crippen LogP contribution is 2.39. The van der Waals surface area contributed by atoms with Gasteiger partial charge in [0, 0.05) is 49.9 Å². The fourth-order valence-corrected chi connectivity index (χ4v) is 7.10. The number of aliphatic carboxylic acids is 1. The summed E-state index contributed by atoms with van der Waals surface area (Å²) in [6, 6.07) is 11.4. The highest BCUT2D eigenvalue weighted by molar-refractivity contribution is 6.36.